The molecule has 26 nitrogen and oxygen atoms in total. The Labute approximate surface area is 640 Å². The molecule has 9 aromatic heterocycles. The summed E-state index contributed by atoms with van der Waals surface area (Å²) in [4.78, 5) is 95.0. The number of allylic oxidation sites excluding steroid dienone is 4. The van der Waals surface area contributed by atoms with Crippen molar-refractivity contribution in [3.8, 4) is 33.1 Å². The molecule has 0 spiro atoms. The van der Waals surface area contributed by atoms with E-state index in [-0.39, 0.29) is 60.9 Å². The van der Waals surface area contributed by atoms with Crippen LogP contribution in [0.25, 0.3) is 38.7 Å². The van der Waals surface area contributed by atoms with Crippen LogP contribution in [-0.4, -0.2) is 127 Å². The van der Waals surface area contributed by atoms with E-state index in [4.69, 9.17) is 27.7 Å². The van der Waals surface area contributed by atoms with Crippen LogP contribution in [0.15, 0.2) is 134 Å². The van der Waals surface area contributed by atoms with Gasteiger partial charge in [-0.25, -0.2) is 42.5 Å². The van der Waals surface area contributed by atoms with E-state index in [0.29, 0.717) is 134 Å². The first-order valence-corrected chi connectivity index (χ1v) is 37.0. The Morgan fingerprint density at radius 1 is 0.559 bits per heavy atom. The number of amides is 4. The highest BCUT2D eigenvalue weighted by molar-refractivity contribution is 7.15. The second-order valence-corrected chi connectivity index (χ2v) is 29.1. The van der Waals surface area contributed by atoms with E-state index in [9.17, 15) is 36.7 Å². The van der Waals surface area contributed by atoms with Crippen LogP contribution < -0.4 is 22.9 Å². The van der Waals surface area contributed by atoms with E-state index < -0.39 is 13.0 Å². The molecule has 111 heavy (non-hydrogen) atoms. The van der Waals surface area contributed by atoms with E-state index in [1.165, 1.54) is 40.3 Å². The number of benzene rings is 2. The van der Waals surface area contributed by atoms with Crippen LogP contribution in [0.2, 0.25) is 0 Å². The molecule has 6 aliphatic rings. The van der Waals surface area contributed by atoms with Gasteiger partial charge in [0.15, 0.2) is 0 Å². The van der Waals surface area contributed by atoms with Crippen molar-refractivity contribution < 1.29 is 41.5 Å². The predicted molar refractivity (Wildman–Crippen MR) is 409 cm³/mol. The molecule has 0 saturated carbocycles. The summed E-state index contributed by atoms with van der Waals surface area (Å²) in [6, 6.07) is 25.3. The van der Waals surface area contributed by atoms with Gasteiger partial charge in [-0.1, -0.05) is 25.2 Å². The number of nitrogens with two attached hydrogens (primary N) is 4. The number of anilines is 4. The number of carbonyl (C=O) groups excluding carboxylic acids is 4. The lowest BCUT2D eigenvalue weighted by Crippen LogP contribution is -2.32. The maximum atomic E-state index is 13.4. The third-order valence-corrected chi connectivity index (χ3v) is 21.0. The minimum atomic E-state index is -2.46. The van der Waals surface area contributed by atoms with Gasteiger partial charge in [-0.15, -0.1) is 11.3 Å². The number of alkyl halides is 2. The summed E-state index contributed by atoms with van der Waals surface area (Å²) in [5.41, 5.74) is 42.3. The number of aromatic nitrogens is 13. The van der Waals surface area contributed by atoms with Gasteiger partial charge in [0, 0.05) is 85.7 Å². The quantitative estimate of drug-likeness (QED) is 0.0653. The average molecular weight is 1520 g/mol. The number of halogens is 4. The molecule has 0 unspecified atom stereocenters. The first-order valence-electron chi connectivity index (χ1n) is 36.2. The van der Waals surface area contributed by atoms with Crippen LogP contribution >= 0.6 is 11.3 Å². The Bertz CT molecular complexity index is 5410. The fourth-order valence-corrected chi connectivity index (χ4v) is 14.4. The first kappa shape index (κ1) is 75.4. The van der Waals surface area contributed by atoms with Gasteiger partial charge in [0.2, 0.25) is 23.6 Å². The van der Waals surface area contributed by atoms with Crippen molar-refractivity contribution in [2.24, 2.45) is 7.05 Å². The number of imidazole rings is 1. The predicted octanol–water partition coefficient (Wildman–Crippen LogP) is 10.3. The molecule has 14 heterocycles. The number of thiazole rings is 1. The molecule has 4 amide bonds. The molecule has 11 aromatic rings. The maximum absolute atomic E-state index is 13.4. The third kappa shape index (κ3) is 17.2. The van der Waals surface area contributed by atoms with E-state index in [0.717, 1.165) is 107 Å². The van der Waals surface area contributed by atoms with E-state index in [2.05, 4.69) is 56.1 Å². The van der Waals surface area contributed by atoms with Gasteiger partial charge in [-0.3, -0.25) is 43.5 Å². The molecule has 1 aliphatic carbocycles. The molecule has 2 aromatic carbocycles. The summed E-state index contributed by atoms with van der Waals surface area (Å²) in [6.07, 6.45) is 13.0. The molecule has 5 aliphatic heterocycles. The monoisotopic (exact) mass is 1520 g/mol. The molecule has 1 saturated heterocycles. The lowest BCUT2D eigenvalue weighted by molar-refractivity contribution is -0.132. The highest BCUT2D eigenvalue weighted by atomic mass is 32.1. The number of ether oxygens (including phenoxy) is 1. The van der Waals surface area contributed by atoms with E-state index in [1.54, 1.807) is 80.5 Å². The Morgan fingerprint density at radius 3 is 1.63 bits per heavy atom. The number of hydrogen-bond acceptors (Lipinski definition) is 20. The molecule has 0 bridgehead atoms. The number of nitrogens with zero attached hydrogens (tertiary/aromatic N) is 17. The second kappa shape index (κ2) is 32.4. The minimum absolute atomic E-state index is 0.0101. The van der Waals surface area contributed by atoms with Gasteiger partial charge in [0.1, 0.15) is 29.8 Å². The lowest BCUT2D eigenvalue weighted by atomic mass is 10.0. The standard InChI is InChI=1S/C22H22FN5O2.C20H20FN5O.C20H21N5O.C18H18F2N6OS/c1-13-6-15(23)2-3-17(13)19-5-4-18(24)20(25-19)7-22(29)27-8-14-9-28(16-11-30-12-16)26-21(14)10-27;1-12-23-18-10-26(11-19(18)25(12)2)20(27)9-17-15(22)7-8-16(24-17)13-3-5-14(21)6-4-13;1-2-19-22-10-14-11-25(12-18(14)24-19)20(26)9-17-15(21)7-8-16(23-17)13-5-3-4-6-13;1-10-22-5-16(28-10)13-3-2-12(21)14(23-13)4-18(27)25-6-11-7-26(9-17(19)20)24-15(11)8-25/h2-6,9,16H,7-8,10-12,24H2,1H3;3-8H,9-11,22H2,1-2H3;3-5,7-8,10H,2,6,9,11-12,21H2,1H3;2-3,5,7,17H,4,6,8-9,21H2,1H3. The Kier molecular flexibility index (Phi) is 22.0. The SMILES string of the molecule is CCc1ncc2c(n1)CN(C(=O)Cc1nc(C3=CC=CC3)ccc1N)C2.Cc1cc(F)ccc1-c1ccc(N)c(CC(=O)N2Cc3cn(C4COC4)nc3C2)n1.Cc1nc2c(n1C)CN(C(=O)Cc1nc(-c3ccc(F)cc3)ccc1N)C2.Cc1ncc(-c2ccc(N)c(CC(=O)N3Cc4cn(CC(F)F)nc4C3)n2)s1. The Balaban J connectivity index is 0.000000123. The van der Waals surface area contributed by atoms with Gasteiger partial charge in [0.25, 0.3) is 6.43 Å². The number of fused-ring (bicyclic) bond motifs is 4. The minimum Gasteiger partial charge on any atom is -0.397 e. The van der Waals surface area contributed by atoms with Crippen molar-refractivity contribution in [3.05, 3.63) is 241 Å². The van der Waals surface area contributed by atoms with Crippen molar-refractivity contribution in [3.63, 3.8) is 0 Å². The zero-order valence-electron chi connectivity index (χ0n) is 61.8. The number of aryl methyl sites for hydroxylation is 4. The highest BCUT2D eigenvalue weighted by Gasteiger charge is 2.33. The van der Waals surface area contributed by atoms with Crippen molar-refractivity contribution >= 4 is 63.3 Å². The van der Waals surface area contributed by atoms with Crippen LogP contribution in [0.4, 0.5) is 40.3 Å². The highest BCUT2D eigenvalue weighted by Crippen LogP contribution is 2.33. The molecule has 17 rings (SSSR count). The molecule has 570 valence electrons. The van der Waals surface area contributed by atoms with Crippen molar-refractivity contribution in [2.75, 3.05) is 36.1 Å². The zero-order chi connectivity index (χ0) is 77.9. The lowest BCUT2D eigenvalue weighted by Gasteiger charge is -2.26. The number of hydrogen-bond donors (Lipinski definition) is 4. The zero-order valence-corrected chi connectivity index (χ0v) is 62.6. The number of carbonyl (C=O) groups is 4. The summed E-state index contributed by atoms with van der Waals surface area (Å²) in [5, 5.41) is 9.69. The number of rotatable bonds is 16. The molecule has 31 heteroatoms. The molecule has 8 N–H and O–H groups in total. The smallest absolute Gasteiger partial charge is 0.257 e. The first-order chi connectivity index (χ1) is 53.4. The van der Waals surface area contributed by atoms with Gasteiger partial charge in [-0.2, -0.15) is 10.2 Å². The van der Waals surface area contributed by atoms with Gasteiger partial charge < -0.3 is 51.8 Å². The maximum Gasteiger partial charge on any atom is 0.257 e. The topological polar surface area (TPSA) is 338 Å². The van der Waals surface area contributed by atoms with E-state index >= 15 is 0 Å². The van der Waals surface area contributed by atoms with Crippen molar-refractivity contribution in [2.45, 2.75) is 138 Å². The van der Waals surface area contributed by atoms with Crippen molar-refractivity contribution in [1.29, 1.82) is 0 Å². The van der Waals surface area contributed by atoms with Crippen LogP contribution in [0, 0.1) is 32.4 Å². The number of pyridine rings is 4. The molecular formula is C80H81F4N21O5S. The van der Waals surface area contributed by atoms with Gasteiger partial charge in [0.05, 0.1) is 184 Å². The van der Waals surface area contributed by atoms with Crippen LogP contribution in [0.3, 0.4) is 0 Å². The molecule has 0 radical (unpaired) electrons. The molecule has 0 atom stereocenters. The summed E-state index contributed by atoms with van der Waals surface area (Å²) in [5.74, 6) is 0.968. The molecule has 1 fully saturated rings. The fraction of sp³-hybridized carbons (Fsp3) is 0.300. The summed E-state index contributed by atoms with van der Waals surface area (Å²) >= 11 is 1.52. The summed E-state index contributed by atoms with van der Waals surface area (Å²) < 4.78 is 61.9. The normalized spacial score (nSPS) is 14.4. The van der Waals surface area contributed by atoms with E-state index in [1.807, 2.05) is 86.7 Å². The van der Waals surface area contributed by atoms with Gasteiger partial charge >= 0.3 is 0 Å². The molecular weight excluding hydrogens is 1440 g/mol. The average Bonchev–Trinajstić information content (AvgIpc) is 1.65. The Morgan fingerprint density at radius 2 is 1.09 bits per heavy atom. The second-order valence-electron chi connectivity index (χ2n) is 27.9. The van der Waals surface area contributed by atoms with Crippen molar-refractivity contribution in [1.82, 2.24) is 83.6 Å². The van der Waals surface area contributed by atoms with Crippen LogP contribution in [-0.2, 0) is 122 Å². The fourth-order valence-electron chi connectivity index (χ4n) is 13.6. The summed E-state index contributed by atoms with van der Waals surface area (Å²) in [7, 11) is 1.96. The van der Waals surface area contributed by atoms with Gasteiger partial charge in [-0.05, 0) is 129 Å². The largest absolute Gasteiger partial charge is 0.397 e. The van der Waals surface area contributed by atoms with Crippen LogP contribution in [0.5, 0.6) is 0 Å². The summed E-state index contributed by atoms with van der Waals surface area (Å²) in [6.45, 7) is 12.5. The number of nitrogen functional groups attached to an aromatic ring is 4. The van der Waals surface area contributed by atoms with Crippen LogP contribution in [0.1, 0.15) is 115 Å². The third-order valence-electron chi connectivity index (χ3n) is 20.1. The Hall–Kier alpha value is -12.4.